The van der Waals surface area contributed by atoms with Gasteiger partial charge < -0.3 is 5.02 Å². The van der Waals surface area contributed by atoms with Gasteiger partial charge in [0.1, 0.15) is 0 Å². The Hall–Kier alpha value is 0.195. The Morgan fingerprint density at radius 2 is 2.29 bits per heavy atom. The maximum atomic E-state index is 8.16. The number of rotatable bonds is 3. The fourth-order valence-electron chi connectivity index (χ4n) is 0.0972. The molecule has 0 spiro atoms. The summed E-state index contributed by atoms with van der Waals surface area (Å²) in [5.41, 5.74) is 0. The van der Waals surface area contributed by atoms with Crippen molar-refractivity contribution in [3.05, 3.63) is 0 Å². The van der Waals surface area contributed by atoms with Crippen LogP contribution in [0.4, 0.5) is 0 Å². The normalized spacial score (nSPS) is 9.00. The van der Waals surface area contributed by atoms with Crippen molar-refractivity contribution in [1.82, 2.24) is 0 Å². The summed E-state index contributed by atoms with van der Waals surface area (Å²) in [6.07, 6.45) is 0. The molecule has 0 aliphatic rings. The monoisotopic (exact) mass is 126 g/mol. The van der Waals surface area contributed by atoms with E-state index in [4.69, 9.17) is 5.02 Å². The lowest BCUT2D eigenvalue weighted by Crippen LogP contribution is -2.17. The zero-order chi connectivity index (χ0) is 5.70. The van der Waals surface area contributed by atoms with Crippen LogP contribution in [0.5, 0.6) is 0 Å². The molecule has 0 aromatic carbocycles. The third-order valence-electron chi connectivity index (χ3n) is 0.255. The Bertz CT molecular complexity index is 42.7. The molecule has 4 nitrogen and oxygen atoms in total. The first-order valence-corrected chi connectivity index (χ1v) is 1.77. The van der Waals surface area contributed by atoms with Crippen LogP contribution in [0.25, 0.3) is 0 Å². The molecule has 0 aromatic rings. The fourth-order valence-corrected chi connectivity index (χ4v) is 0.127. The minimum Gasteiger partial charge on any atom is -0.399 e. The van der Waals surface area contributed by atoms with Crippen LogP contribution in [0.2, 0.25) is 0 Å². The molecule has 0 aliphatic carbocycles. The van der Waals surface area contributed by atoms with E-state index in [-0.39, 0.29) is 0 Å². The van der Waals surface area contributed by atoms with Crippen LogP contribution in [-0.2, 0) is 13.9 Å². The van der Waals surface area contributed by atoms with E-state index in [1.807, 2.05) is 0 Å². The zero-order valence-electron chi connectivity index (χ0n) is 3.63. The molecule has 0 unspecified atom stereocenters. The molecular weight excluding hydrogens is 122 g/mol. The third-order valence-corrected chi connectivity index (χ3v) is 0.407. The van der Waals surface area contributed by atoms with Crippen LogP contribution >= 0.6 is 11.9 Å². The van der Waals surface area contributed by atoms with Crippen molar-refractivity contribution in [2.24, 2.45) is 0 Å². The van der Waals surface area contributed by atoms with Crippen molar-refractivity contribution in [3.8, 4) is 0 Å². The minimum atomic E-state index is -1.51. The van der Waals surface area contributed by atoms with Crippen molar-refractivity contribution in [2.45, 2.75) is 0 Å². The summed E-state index contributed by atoms with van der Waals surface area (Å²) in [6, 6.07) is 0. The largest absolute Gasteiger partial charge is 0.682 e. The molecule has 1 N–H and O–H groups in total. The highest BCUT2D eigenvalue weighted by atomic mass is 35.5. The van der Waals surface area contributed by atoms with Crippen LogP contribution in [0.1, 0.15) is 0 Å². The summed E-state index contributed by atoms with van der Waals surface area (Å²) in [6.45, 7) is 0. The molecule has 7 heavy (non-hydrogen) atoms. The van der Waals surface area contributed by atoms with Crippen LogP contribution in [0.15, 0.2) is 0 Å². The summed E-state index contributed by atoms with van der Waals surface area (Å²) < 4.78 is 3.67. The van der Waals surface area contributed by atoms with Crippen molar-refractivity contribution >= 4 is 19.2 Å². The van der Waals surface area contributed by atoms with E-state index < -0.39 is 7.32 Å². The van der Waals surface area contributed by atoms with Crippen LogP contribution in [0.3, 0.4) is 0 Å². The summed E-state index contributed by atoms with van der Waals surface area (Å²) in [7, 11) is -0.286. The molecule has 0 bridgehead atoms. The summed E-state index contributed by atoms with van der Waals surface area (Å²) >= 11 is 4.58. The van der Waals surface area contributed by atoms with Gasteiger partial charge in [-0.15, -0.1) is 0 Å². The highest BCUT2D eigenvalue weighted by Gasteiger charge is 2.14. The average molecular weight is 126 g/mol. The fraction of sp³-hybridized carbons (Fsp3) is 1.00. The first-order chi connectivity index (χ1) is 3.31. The lowest BCUT2D eigenvalue weighted by Gasteiger charge is -1.95. The van der Waals surface area contributed by atoms with Crippen LogP contribution in [0, 0.1) is 0 Å². The van der Waals surface area contributed by atoms with E-state index in [9.17, 15) is 0 Å². The Morgan fingerprint density at radius 3 is 2.43 bits per heavy atom. The number of hydrogen-bond donors (Lipinski definition) is 1. The van der Waals surface area contributed by atoms with Gasteiger partial charge in [-0.1, -0.05) is 0 Å². The van der Waals surface area contributed by atoms with Gasteiger partial charge in [-0.25, -0.2) is 4.81 Å². The van der Waals surface area contributed by atoms with E-state index in [0.717, 1.165) is 0 Å². The standard InChI is InChI=1S/CH4BClO4/c1-5-7-2(4)6-3/h4H,1H3. The van der Waals surface area contributed by atoms with Crippen molar-refractivity contribution < 1.29 is 18.9 Å². The molecule has 0 atom stereocenters. The van der Waals surface area contributed by atoms with E-state index in [1.165, 1.54) is 7.11 Å². The molecule has 42 valence electrons. The second-order valence-corrected chi connectivity index (χ2v) is 0.837. The van der Waals surface area contributed by atoms with Crippen LogP contribution in [-0.4, -0.2) is 19.5 Å². The lowest BCUT2D eigenvalue weighted by molar-refractivity contribution is -0.206. The van der Waals surface area contributed by atoms with Crippen molar-refractivity contribution in [2.75, 3.05) is 7.11 Å². The molecule has 0 saturated heterocycles. The Labute approximate surface area is 46.2 Å². The summed E-state index contributed by atoms with van der Waals surface area (Å²) in [5, 5.41) is 8.16. The van der Waals surface area contributed by atoms with Crippen molar-refractivity contribution in [3.63, 3.8) is 0 Å². The first-order valence-electron chi connectivity index (χ1n) is 1.46. The highest BCUT2D eigenvalue weighted by Crippen LogP contribution is 1.85. The molecule has 0 fully saturated rings. The maximum Gasteiger partial charge on any atom is 0.682 e. The number of halogens is 1. The molecule has 0 rings (SSSR count). The van der Waals surface area contributed by atoms with Crippen LogP contribution < -0.4 is 0 Å². The predicted octanol–water partition coefficient (Wildman–Crippen LogP) is -0.288. The molecule has 0 aliphatic heterocycles. The van der Waals surface area contributed by atoms with E-state index >= 15 is 0 Å². The van der Waals surface area contributed by atoms with E-state index in [0.29, 0.717) is 0 Å². The predicted molar refractivity (Wildman–Crippen MR) is 23.0 cm³/mol. The number of hydrogen-bond acceptors (Lipinski definition) is 4. The minimum absolute atomic E-state index is 1.22. The smallest absolute Gasteiger partial charge is 0.399 e. The Kier molecular flexibility index (Phi) is 4.48. The van der Waals surface area contributed by atoms with Gasteiger partial charge in [0.2, 0.25) is 0 Å². The van der Waals surface area contributed by atoms with Gasteiger partial charge in [-0.2, -0.15) is 0 Å². The molecular formula is CH4BClO4. The average Bonchev–Trinajstić information content (AvgIpc) is 1.68. The Morgan fingerprint density at radius 1 is 1.71 bits per heavy atom. The van der Waals surface area contributed by atoms with Gasteiger partial charge in [0.15, 0.2) is 0 Å². The van der Waals surface area contributed by atoms with E-state index in [2.05, 4.69) is 25.8 Å². The van der Waals surface area contributed by atoms with Gasteiger partial charge in [0, 0.05) is 11.9 Å². The molecule has 0 amide bonds. The molecule has 0 radical (unpaired) electrons. The van der Waals surface area contributed by atoms with Gasteiger partial charge in [-0.3, -0.25) is 9.09 Å². The lowest BCUT2D eigenvalue weighted by atomic mass is 10.3. The summed E-state index contributed by atoms with van der Waals surface area (Å²) in [5.74, 6) is 0. The second-order valence-electron chi connectivity index (χ2n) is 0.659. The van der Waals surface area contributed by atoms with Gasteiger partial charge in [0.05, 0.1) is 7.11 Å². The second kappa shape index (κ2) is 4.36. The third kappa shape index (κ3) is 4.04. The Balaban J connectivity index is 2.83. The molecule has 6 heteroatoms. The topological polar surface area (TPSA) is 47.9 Å². The first kappa shape index (κ1) is 7.19. The van der Waals surface area contributed by atoms with E-state index in [1.54, 1.807) is 0 Å². The quantitative estimate of drug-likeness (QED) is 0.321. The maximum absolute atomic E-state index is 8.16. The molecule has 0 saturated carbocycles. The highest BCUT2D eigenvalue weighted by molar-refractivity contribution is 6.41. The van der Waals surface area contributed by atoms with Crippen molar-refractivity contribution in [1.29, 1.82) is 0 Å². The van der Waals surface area contributed by atoms with Gasteiger partial charge in [0.25, 0.3) is 0 Å². The van der Waals surface area contributed by atoms with Gasteiger partial charge >= 0.3 is 7.32 Å². The van der Waals surface area contributed by atoms with Gasteiger partial charge in [-0.05, 0) is 0 Å². The molecule has 0 heterocycles. The summed E-state index contributed by atoms with van der Waals surface area (Å²) in [4.78, 5) is 7.83. The zero-order valence-corrected chi connectivity index (χ0v) is 4.38. The molecule has 0 aromatic heterocycles. The SMILES string of the molecule is COOB(O)OCl.